The normalized spacial score (nSPS) is 23.1. The summed E-state index contributed by atoms with van der Waals surface area (Å²) in [6.45, 7) is 1.76. The third-order valence-corrected chi connectivity index (χ3v) is 4.67. The lowest BCUT2D eigenvalue weighted by Gasteiger charge is -2.19. The molecular formula is C15H19Cl2FN2O. The second-order valence-corrected chi connectivity index (χ2v) is 6.45. The van der Waals surface area contributed by atoms with E-state index in [9.17, 15) is 9.18 Å². The topological polar surface area (TPSA) is 55.1 Å². The van der Waals surface area contributed by atoms with Crippen LogP contribution in [0.4, 0.5) is 4.39 Å². The standard InChI is InChI=1S/C15H19Cl2FN2O/c1-8(10-6-13(18)12(17)7-11(10)16)20-15(21)5-9-3-2-4-14(9)19/h6-9,14H,2-5,19H2,1H3,(H,20,21)/t8?,9-,14+/m0/s1. The van der Waals surface area contributed by atoms with Crippen molar-refractivity contribution < 1.29 is 9.18 Å². The lowest BCUT2D eigenvalue weighted by molar-refractivity contribution is -0.122. The van der Waals surface area contributed by atoms with Gasteiger partial charge >= 0.3 is 0 Å². The van der Waals surface area contributed by atoms with Gasteiger partial charge in [0.2, 0.25) is 5.91 Å². The minimum Gasteiger partial charge on any atom is -0.350 e. The molecule has 1 aromatic rings. The molecule has 1 saturated carbocycles. The first-order valence-electron chi connectivity index (χ1n) is 7.08. The lowest BCUT2D eigenvalue weighted by atomic mass is 9.99. The van der Waals surface area contributed by atoms with Crippen molar-refractivity contribution >= 4 is 29.1 Å². The van der Waals surface area contributed by atoms with Crippen LogP contribution in [-0.2, 0) is 4.79 Å². The van der Waals surface area contributed by atoms with Crippen molar-refractivity contribution in [3.8, 4) is 0 Å². The second kappa shape index (κ2) is 6.95. The monoisotopic (exact) mass is 332 g/mol. The van der Waals surface area contributed by atoms with Crippen molar-refractivity contribution in [2.75, 3.05) is 0 Å². The molecule has 1 aromatic carbocycles. The third kappa shape index (κ3) is 4.09. The Kier molecular flexibility index (Phi) is 5.47. The van der Waals surface area contributed by atoms with Crippen LogP contribution in [0.1, 0.15) is 44.2 Å². The number of nitrogens with one attached hydrogen (secondary N) is 1. The maximum Gasteiger partial charge on any atom is 0.220 e. The highest BCUT2D eigenvalue weighted by Crippen LogP contribution is 2.30. The van der Waals surface area contributed by atoms with Crippen LogP contribution < -0.4 is 11.1 Å². The smallest absolute Gasteiger partial charge is 0.220 e. The molecule has 6 heteroatoms. The van der Waals surface area contributed by atoms with Crippen molar-refractivity contribution in [1.29, 1.82) is 0 Å². The van der Waals surface area contributed by atoms with E-state index in [0.717, 1.165) is 19.3 Å². The van der Waals surface area contributed by atoms with Crippen molar-refractivity contribution in [2.24, 2.45) is 11.7 Å². The molecule has 3 atom stereocenters. The Labute approximate surface area is 134 Å². The van der Waals surface area contributed by atoms with Gasteiger partial charge in [0.15, 0.2) is 0 Å². The number of benzene rings is 1. The molecule has 3 N–H and O–H groups in total. The molecule has 3 nitrogen and oxygen atoms in total. The Morgan fingerprint density at radius 2 is 2.14 bits per heavy atom. The predicted octanol–water partition coefficient (Wildman–Crippen LogP) is 3.83. The zero-order valence-corrected chi connectivity index (χ0v) is 13.3. The second-order valence-electron chi connectivity index (χ2n) is 5.64. The Morgan fingerprint density at radius 3 is 2.76 bits per heavy atom. The number of hydrogen-bond acceptors (Lipinski definition) is 2. The number of nitrogens with two attached hydrogens (primary N) is 1. The first kappa shape index (κ1) is 16.5. The molecular weight excluding hydrogens is 314 g/mol. The van der Waals surface area contributed by atoms with Gasteiger partial charge in [0.25, 0.3) is 0 Å². The SMILES string of the molecule is CC(NC(=O)C[C@@H]1CCC[C@H]1N)c1cc(F)c(Cl)cc1Cl. The molecule has 1 unspecified atom stereocenters. The van der Waals surface area contributed by atoms with Crippen molar-refractivity contribution in [2.45, 2.75) is 44.7 Å². The van der Waals surface area contributed by atoms with Crippen LogP contribution in [0.2, 0.25) is 10.0 Å². The van der Waals surface area contributed by atoms with E-state index >= 15 is 0 Å². The molecule has 1 aliphatic carbocycles. The van der Waals surface area contributed by atoms with E-state index in [0.29, 0.717) is 17.0 Å². The zero-order valence-electron chi connectivity index (χ0n) is 11.8. The van der Waals surface area contributed by atoms with Crippen molar-refractivity contribution in [1.82, 2.24) is 5.32 Å². The Balaban J connectivity index is 1.99. The number of carbonyl (C=O) groups excluding carboxylic acids is 1. The van der Waals surface area contributed by atoms with Gasteiger partial charge < -0.3 is 11.1 Å². The molecule has 0 aromatic heterocycles. The van der Waals surface area contributed by atoms with Gasteiger partial charge in [-0.2, -0.15) is 0 Å². The van der Waals surface area contributed by atoms with Crippen molar-refractivity contribution in [3.63, 3.8) is 0 Å². The van der Waals surface area contributed by atoms with Gasteiger partial charge in [-0.3, -0.25) is 4.79 Å². The molecule has 21 heavy (non-hydrogen) atoms. The predicted molar refractivity (Wildman–Crippen MR) is 82.9 cm³/mol. The van der Waals surface area contributed by atoms with Crippen LogP contribution in [0.5, 0.6) is 0 Å². The molecule has 0 spiro atoms. The third-order valence-electron chi connectivity index (χ3n) is 4.05. The summed E-state index contributed by atoms with van der Waals surface area (Å²) in [5.74, 6) is -0.402. The van der Waals surface area contributed by atoms with Crippen molar-refractivity contribution in [3.05, 3.63) is 33.6 Å². The van der Waals surface area contributed by atoms with E-state index in [2.05, 4.69) is 5.32 Å². The van der Waals surface area contributed by atoms with Gasteiger partial charge in [-0.1, -0.05) is 29.6 Å². The van der Waals surface area contributed by atoms with Gasteiger partial charge in [0, 0.05) is 17.5 Å². The first-order valence-corrected chi connectivity index (χ1v) is 7.83. The molecule has 2 rings (SSSR count). The van der Waals surface area contributed by atoms with E-state index in [1.165, 1.54) is 12.1 Å². The summed E-state index contributed by atoms with van der Waals surface area (Å²) >= 11 is 11.7. The zero-order chi connectivity index (χ0) is 15.6. The van der Waals surface area contributed by atoms with Crippen LogP contribution in [0.15, 0.2) is 12.1 Å². The molecule has 1 aliphatic rings. The lowest BCUT2D eigenvalue weighted by Crippen LogP contribution is -2.33. The van der Waals surface area contributed by atoms with Gasteiger partial charge in [0.05, 0.1) is 11.1 Å². The molecule has 0 bridgehead atoms. The van der Waals surface area contributed by atoms with Gasteiger partial charge in [0.1, 0.15) is 5.82 Å². The van der Waals surface area contributed by atoms with E-state index in [4.69, 9.17) is 28.9 Å². The number of amides is 1. The molecule has 0 radical (unpaired) electrons. The fourth-order valence-corrected chi connectivity index (χ4v) is 3.35. The van der Waals surface area contributed by atoms with Crippen LogP contribution in [0.3, 0.4) is 0 Å². The van der Waals surface area contributed by atoms with Crippen LogP contribution in [0, 0.1) is 11.7 Å². The summed E-state index contributed by atoms with van der Waals surface area (Å²) in [7, 11) is 0. The molecule has 1 fully saturated rings. The molecule has 0 heterocycles. The van der Waals surface area contributed by atoms with Gasteiger partial charge in [-0.05, 0) is 43.4 Å². The number of carbonyl (C=O) groups is 1. The summed E-state index contributed by atoms with van der Waals surface area (Å²) in [6, 6.07) is 2.33. The van der Waals surface area contributed by atoms with Gasteiger partial charge in [-0.25, -0.2) is 4.39 Å². The van der Waals surface area contributed by atoms with Gasteiger partial charge in [-0.15, -0.1) is 0 Å². The molecule has 116 valence electrons. The number of halogens is 3. The van der Waals surface area contributed by atoms with Crippen LogP contribution in [0.25, 0.3) is 0 Å². The van der Waals surface area contributed by atoms with E-state index < -0.39 is 5.82 Å². The quantitative estimate of drug-likeness (QED) is 0.823. The summed E-state index contributed by atoms with van der Waals surface area (Å²) < 4.78 is 13.5. The fourth-order valence-electron chi connectivity index (χ4n) is 2.81. The summed E-state index contributed by atoms with van der Waals surface area (Å²) in [6.07, 6.45) is 3.43. The number of hydrogen-bond donors (Lipinski definition) is 2. The highest BCUT2D eigenvalue weighted by molar-refractivity contribution is 6.35. The van der Waals surface area contributed by atoms with E-state index in [-0.39, 0.29) is 28.9 Å². The summed E-state index contributed by atoms with van der Waals surface area (Å²) in [4.78, 5) is 12.1. The summed E-state index contributed by atoms with van der Waals surface area (Å²) in [5.41, 5.74) is 6.48. The average molecular weight is 333 g/mol. The highest BCUT2D eigenvalue weighted by atomic mass is 35.5. The minimum absolute atomic E-state index is 0.0285. The largest absolute Gasteiger partial charge is 0.350 e. The Morgan fingerprint density at radius 1 is 1.43 bits per heavy atom. The Hall–Kier alpha value is -0.840. The maximum absolute atomic E-state index is 13.5. The fraction of sp³-hybridized carbons (Fsp3) is 0.533. The van der Waals surface area contributed by atoms with Crippen LogP contribution in [-0.4, -0.2) is 11.9 Å². The minimum atomic E-state index is -0.546. The molecule has 0 saturated heterocycles. The summed E-state index contributed by atoms with van der Waals surface area (Å²) in [5, 5.41) is 3.15. The maximum atomic E-state index is 13.5. The number of rotatable bonds is 4. The highest BCUT2D eigenvalue weighted by Gasteiger charge is 2.26. The molecule has 0 aliphatic heterocycles. The van der Waals surface area contributed by atoms with E-state index in [1.54, 1.807) is 6.92 Å². The van der Waals surface area contributed by atoms with Crippen LogP contribution >= 0.6 is 23.2 Å². The molecule has 1 amide bonds. The first-order chi connectivity index (χ1) is 9.88. The average Bonchev–Trinajstić information content (AvgIpc) is 2.79. The van der Waals surface area contributed by atoms with E-state index in [1.807, 2.05) is 0 Å². The Bertz CT molecular complexity index is 539.